The molecule has 4 amide bonds. The van der Waals surface area contributed by atoms with Crippen molar-refractivity contribution < 1.29 is 45.9 Å². The number of carbonyl (C=O) groups excluding carboxylic acids is 4. The maximum atomic E-state index is 14.6. The number of hydrogen-bond acceptors (Lipinski definition) is 5. The number of ether oxygens (including phenoxy) is 1. The molecule has 0 aliphatic carbocycles. The normalized spacial score (nSPS) is 20.1. The number of hydrogen-bond donors (Lipinski definition) is 2. The average molecular weight is 529 g/mol. The van der Waals surface area contributed by atoms with Gasteiger partial charge in [-0.3, -0.25) is 24.5 Å². The van der Waals surface area contributed by atoms with Crippen molar-refractivity contribution in [3.63, 3.8) is 0 Å². The highest BCUT2D eigenvalue weighted by Crippen LogP contribution is 2.31. The van der Waals surface area contributed by atoms with Crippen LogP contribution in [0.15, 0.2) is 72.6 Å². The third-order valence-corrected chi connectivity index (χ3v) is 5.31. The molecule has 1 unspecified atom stereocenters. The summed E-state index contributed by atoms with van der Waals surface area (Å²) >= 11 is 0. The molecule has 2 N–H and O–H groups in total. The Labute approximate surface area is 208 Å². The van der Waals surface area contributed by atoms with Crippen molar-refractivity contribution in [1.29, 1.82) is 0 Å². The van der Waals surface area contributed by atoms with Crippen LogP contribution in [-0.4, -0.2) is 66.4 Å². The van der Waals surface area contributed by atoms with Crippen LogP contribution in [0, 0.1) is 0 Å². The van der Waals surface area contributed by atoms with E-state index in [1.165, 1.54) is 11.0 Å². The fraction of sp³-hybridized carbons (Fsp3) is 0.333. The van der Waals surface area contributed by atoms with E-state index in [0.717, 1.165) is 12.2 Å². The Morgan fingerprint density at radius 2 is 1.84 bits per heavy atom. The number of carbonyl (C=O) groups is 4. The van der Waals surface area contributed by atoms with Crippen LogP contribution in [0.3, 0.4) is 0 Å². The molecule has 0 aromatic heterocycles. The second-order valence-electron chi connectivity index (χ2n) is 8.11. The Morgan fingerprint density at radius 3 is 2.41 bits per heavy atom. The summed E-state index contributed by atoms with van der Waals surface area (Å²) < 4.78 is 70.7. The van der Waals surface area contributed by atoms with Crippen molar-refractivity contribution in [1.82, 2.24) is 15.5 Å². The molecule has 37 heavy (non-hydrogen) atoms. The van der Waals surface area contributed by atoms with Crippen molar-refractivity contribution in [3.05, 3.63) is 72.6 Å². The Kier molecular flexibility index (Phi) is 8.96. The minimum atomic E-state index is -4.82. The topological polar surface area (TPSA) is 105 Å². The van der Waals surface area contributed by atoms with E-state index >= 15 is 0 Å². The minimum absolute atomic E-state index is 0.0249. The van der Waals surface area contributed by atoms with Crippen molar-refractivity contribution in [2.24, 2.45) is 0 Å². The zero-order chi connectivity index (χ0) is 28.1. The van der Waals surface area contributed by atoms with Gasteiger partial charge in [-0.15, -0.1) is 0 Å². The second kappa shape index (κ2) is 11.4. The second-order valence-corrected chi connectivity index (χ2v) is 8.11. The van der Waals surface area contributed by atoms with Gasteiger partial charge in [0, 0.05) is 25.1 Å². The van der Waals surface area contributed by atoms with Crippen LogP contribution in [0.25, 0.3) is 0 Å². The van der Waals surface area contributed by atoms with E-state index in [4.69, 9.17) is 0 Å². The molecule has 0 spiro atoms. The first-order valence-corrected chi connectivity index (χ1v) is 10.7. The molecular weight excluding hydrogens is 505 g/mol. The number of nitrogens with one attached hydrogen (secondary N) is 2. The molecule has 2 heterocycles. The first kappa shape index (κ1) is 29.2. The smallest absolute Gasteiger partial charge is 0.422 e. The van der Waals surface area contributed by atoms with E-state index in [1.807, 2.05) is 5.32 Å². The van der Waals surface area contributed by atoms with Crippen molar-refractivity contribution >= 4 is 23.6 Å². The minimum Gasteiger partial charge on any atom is -0.484 e. The highest BCUT2D eigenvalue weighted by molar-refractivity contribution is 6.06. The third kappa shape index (κ3) is 7.24. The van der Waals surface area contributed by atoms with Gasteiger partial charge in [-0.2, -0.15) is 22.0 Å². The molecule has 2 aliphatic heterocycles. The predicted molar refractivity (Wildman–Crippen MR) is 122 cm³/mol. The number of nitrogens with zero attached hydrogens (tertiary/aromatic N) is 1. The molecule has 0 radical (unpaired) electrons. The first-order chi connectivity index (χ1) is 17.1. The molecule has 200 valence electrons. The van der Waals surface area contributed by atoms with Gasteiger partial charge in [-0.25, -0.2) is 0 Å². The Bertz CT molecular complexity index is 1120. The van der Waals surface area contributed by atoms with E-state index in [9.17, 15) is 41.1 Å². The number of alkyl halides is 5. The monoisotopic (exact) mass is 529 g/mol. The molecule has 0 aromatic rings. The summed E-state index contributed by atoms with van der Waals surface area (Å²) in [7, 11) is 0. The van der Waals surface area contributed by atoms with Gasteiger partial charge in [-0.1, -0.05) is 38.5 Å². The van der Waals surface area contributed by atoms with E-state index < -0.39 is 66.3 Å². The maximum Gasteiger partial charge on any atom is 0.422 e. The SMILES string of the molecule is C=C/C=C(/OCC(F)(F)F)C(=C)C(F)(F)C(=O)NCC(=C)/C=C1/CN(C2CCC(=O)NC2=O)C(=O)C1=C. The molecule has 0 aromatic carbocycles. The maximum absolute atomic E-state index is 14.6. The fourth-order valence-electron chi connectivity index (χ4n) is 3.42. The summed E-state index contributed by atoms with van der Waals surface area (Å²) in [4.78, 5) is 49.3. The molecule has 1 atom stereocenters. The number of likely N-dealkylation sites (tertiary alicyclic amines) is 1. The molecule has 2 aliphatic rings. The third-order valence-electron chi connectivity index (χ3n) is 5.31. The molecule has 8 nitrogen and oxygen atoms in total. The number of halogens is 5. The predicted octanol–water partition coefficient (Wildman–Crippen LogP) is 2.63. The Balaban J connectivity index is 2.03. The van der Waals surface area contributed by atoms with Gasteiger partial charge in [0.2, 0.25) is 11.8 Å². The molecule has 2 fully saturated rings. The van der Waals surface area contributed by atoms with Crippen LogP contribution in [0.1, 0.15) is 12.8 Å². The summed E-state index contributed by atoms with van der Waals surface area (Å²) in [6, 6.07) is -0.886. The van der Waals surface area contributed by atoms with Gasteiger partial charge in [-0.05, 0) is 23.6 Å². The average Bonchev–Trinajstić information content (AvgIpc) is 3.07. The van der Waals surface area contributed by atoms with Gasteiger partial charge in [0.05, 0.1) is 5.57 Å². The van der Waals surface area contributed by atoms with E-state index in [-0.39, 0.29) is 30.5 Å². The van der Waals surface area contributed by atoms with Gasteiger partial charge in [0.15, 0.2) is 6.61 Å². The number of allylic oxidation sites excluding steroid dienone is 3. The summed E-state index contributed by atoms with van der Waals surface area (Å²) in [5, 5.41) is 4.05. The van der Waals surface area contributed by atoms with Gasteiger partial charge in [0.1, 0.15) is 11.8 Å². The molecular formula is C24H24F5N3O5. The summed E-state index contributed by atoms with van der Waals surface area (Å²) in [5.41, 5.74) is -0.884. The Hall–Kier alpha value is -4.03. The van der Waals surface area contributed by atoms with Crippen LogP contribution < -0.4 is 10.6 Å². The Morgan fingerprint density at radius 1 is 1.19 bits per heavy atom. The van der Waals surface area contributed by atoms with E-state index in [0.29, 0.717) is 5.57 Å². The summed E-state index contributed by atoms with van der Waals surface area (Å²) in [6.07, 6.45) is -1.70. The van der Waals surface area contributed by atoms with Crippen molar-refractivity contribution in [3.8, 4) is 0 Å². The zero-order valence-corrected chi connectivity index (χ0v) is 19.6. The number of amides is 4. The number of rotatable bonds is 10. The lowest BCUT2D eigenvalue weighted by Gasteiger charge is -2.28. The summed E-state index contributed by atoms with van der Waals surface area (Å²) in [5.74, 6) is -8.83. The quantitative estimate of drug-likeness (QED) is 0.149. The van der Waals surface area contributed by atoms with Crippen molar-refractivity contribution in [2.75, 3.05) is 19.7 Å². The lowest BCUT2D eigenvalue weighted by molar-refractivity contribution is -0.165. The molecule has 0 saturated carbocycles. The number of imide groups is 1. The van der Waals surface area contributed by atoms with Crippen LogP contribution in [0.4, 0.5) is 22.0 Å². The largest absolute Gasteiger partial charge is 0.484 e. The lowest BCUT2D eigenvalue weighted by atomic mass is 10.0. The summed E-state index contributed by atoms with van der Waals surface area (Å²) in [6.45, 7) is 11.0. The highest BCUT2D eigenvalue weighted by Gasteiger charge is 2.45. The van der Waals surface area contributed by atoms with Crippen molar-refractivity contribution in [2.45, 2.75) is 31.0 Å². The molecule has 2 saturated heterocycles. The molecule has 13 heteroatoms. The number of piperidine rings is 1. The molecule has 2 rings (SSSR count). The van der Waals surface area contributed by atoms with E-state index in [2.05, 4.69) is 36.4 Å². The standard InChI is InChI=1S/C24H24F5N3O5/c1-5-6-18(37-12-23(25,26)27)15(4)24(28,29)22(36)30-10-13(2)9-16-11-32(21(35)14(16)3)17-7-8-19(33)31-20(17)34/h5-6,9,17H,1-4,7-8,10-12H2,(H,30,36)(H,31,33,34)/b16-9-,18-6+. The van der Waals surface area contributed by atoms with E-state index in [1.54, 1.807) is 0 Å². The van der Waals surface area contributed by atoms with Crippen LogP contribution in [0.5, 0.6) is 0 Å². The lowest BCUT2D eigenvalue weighted by Crippen LogP contribution is -2.52. The van der Waals surface area contributed by atoms with Crippen LogP contribution in [-0.2, 0) is 23.9 Å². The van der Waals surface area contributed by atoms with Gasteiger partial charge >= 0.3 is 12.1 Å². The van der Waals surface area contributed by atoms with Crippen LogP contribution in [0.2, 0.25) is 0 Å². The fourth-order valence-corrected chi connectivity index (χ4v) is 3.42. The first-order valence-electron chi connectivity index (χ1n) is 10.7. The highest BCUT2D eigenvalue weighted by atomic mass is 19.4. The van der Waals surface area contributed by atoms with Gasteiger partial charge in [0.25, 0.3) is 11.8 Å². The van der Waals surface area contributed by atoms with Crippen LogP contribution >= 0.6 is 0 Å². The zero-order valence-electron chi connectivity index (χ0n) is 19.6. The van der Waals surface area contributed by atoms with Gasteiger partial charge < -0.3 is 15.0 Å². The molecule has 0 bridgehead atoms.